The van der Waals surface area contributed by atoms with Crippen molar-refractivity contribution in [3.8, 4) is 0 Å². The first-order chi connectivity index (χ1) is 12.5. The van der Waals surface area contributed by atoms with Gasteiger partial charge in [-0.05, 0) is 6.42 Å². The maximum Gasteiger partial charge on any atom is 0.345 e. The van der Waals surface area contributed by atoms with Crippen LogP contribution in [0.3, 0.4) is 0 Å². The number of rotatable bonds is 18. The first-order valence-corrected chi connectivity index (χ1v) is 10.1. The van der Waals surface area contributed by atoms with Crippen molar-refractivity contribution in [1.29, 1.82) is 0 Å². The predicted molar refractivity (Wildman–Crippen MR) is 100 cm³/mol. The van der Waals surface area contributed by atoms with Crippen LogP contribution < -0.4 is 0 Å². The van der Waals surface area contributed by atoms with Crippen LogP contribution in [0.5, 0.6) is 0 Å². The third-order valence-electron chi connectivity index (χ3n) is 4.39. The van der Waals surface area contributed by atoms with E-state index in [1.54, 1.807) is 0 Å². The molecule has 26 heavy (non-hydrogen) atoms. The van der Waals surface area contributed by atoms with Crippen molar-refractivity contribution in [2.24, 2.45) is 0 Å². The molecule has 0 aromatic carbocycles. The van der Waals surface area contributed by atoms with Crippen molar-refractivity contribution in [2.45, 2.75) is 109 Å². The van der Waals surface area contributed by atoms with Crippen LogP contribution in [0.25, 0.3) is 0 Å². The SMILES string of the molecule is CCCCCCCCCCCCCCCC(=O)OC(CC(=O)O)C(=O)O. The predicted octanol–water partition coefficient (Wildman–Crippen LogP) is 4.94. The second-order valence-corrected chi connectivity index (χ2v) is 6.91. The molecule has 0 aliphatic rings. The van der Waals surface area contributed by atoms with E-state index < -0.39 is 30.4 Å². The van der Waals surface area contributed by atoms with Gasteiger partial charge in [-0.25, -0.2) is 4.79 Å². The standard InChI is InChI=1S/C20H36O6/c1-2-3-4-5-6-7-8-9-10-11-12-13-14-15-19(23)26-17(20(24)25)16-18(21)22/h17H,2-16H2,1H3,(H,21,22)(H,24,25). The largest absolute Gasteiger partial charge is 0.481 e. The lowest BCUT2D eigenvalue weighted by molar-refractivity contribution is -0.167. The molecule has 0 heterocycles. The number of carboxylic acid groups (broad SMARTS) is 2. The number of ether oxygens (including phenoxy) is 1. The summed E-state index contributed by atoms with van der Waals surface area (Å²) in [6, 6.07) is 0. The Hall–Kier alpha value is -1.59. The highest BCUT2D eigenvalue weighted by molar-refractivity contribution is 5.82. The minimum Gasteiger partial charge on any atom is -0.481 e. The van der Waals surface area contributed by atoms with E-state index in [1.807, 2.05) is 0 Å². The van der Waals surface area contributed by atoms with Crippen LogP contribution in [0.2, 0.25) is 0 Å². The molecule has 0 saturated carbocycles. The average molecular weight is 373 g/mol. The second kappa shape index (κ2) is 16.9. The average Bonchev–Trinajstić information content (AvgIpc) is 2.58. The monoisotopic (exact) mass is 372 g/mol. The number of hydrogen-bond donors (Lipinski definition) is 2. The second-order valence-electron chi connectivity index (χ2n) is 6.91. The van der Waals surface area contributed by atoms with Crippen LogP contribution in [-0.2, 0) is 19.1 Å². The molecule has 0 saturated heterocycles. The van der Waals surface area contributed by atoms with Gasteiger partial charge in [0.2, 0.25) is 6.10 Å². The van der Waals surface area contributed by atoms with Gasteiger partial charge in [0.05, 0.1) is 6.42 Å². The van der Waals surface area contributed by atoms with Gasteiger partial charge in [-0.1, -0.05) is 84.0 Å². The number of carbonyl (C=O) groups excluding carboxylic acids is 1. The molecule has 6 heteroatoms. The highest BCUT2D eigenvalue weighted by Gasteiger charge is 2.24. The van der Waals surface area contributed by atoms with Gasteiger partial charge in [-0.3, -0.25) is 9.59 Å². The Balaban J connectivity index is 3.47. The minimum atomic E-state index is -1.60. The number of unbranched alkanes of at least 4 members (excludes halogenated alkanes) is 12. The fourth-order valence-corrected chi connectivity index (χ4v) is 2.84. The van der Waals surface area contributed by atoms with Crippen LogP contribution in [0.4, 0.5) is 0 Å². The Kier molecular flexibility index (Phi) is 15.8. The topological polar surface area (TPSA) is 101 Å². The fourth-order valence-electron chi connectivity index (χ4n) is 2.84. The molecular formula is C20H36O6. The summed E-state index contributed by atoms with van der Waals surface area (Å²) in [7, 11) is 0. The van der Waals surface area contributed by atoms with E-state index >= 15 is 0 Å². The Bertz CT molecular complexity index is 394. The molecule has 2 N–H and O–H groups in total. The zero-order valence-electron chi connectivity index (χ0n) is 16.2. The first kappa shape index (κ1) is 24.4. The Morgan fingerprint density at radius 1 is 0.731 bits per heavy atom. The highest BCUT2D eigenvalue weighted by Crippen LogP contribution is 2.13. The number of aliphatic carboxylic acids is 2. The third kappa shape index (κ3) is 15.9. The molecule has 0 spiro atoms. The van der Waals surface area contributed by atoms with Crippen LogP contribution in [0.1, 0.15) is 103 Å². The van der Waals surface area contributed by atoms with Gasteiger partial charge in [-0.2, -0.15) is 0 Å². The molecular weight excluding hydrogens is 336 g/mol. The van der Waals surface area contributed by atoms with Gasteiger partial charge in [-0.15, -0.1) is 0 Å². The van der Waals surface area contributed by atoms with Crippen molar-refractivity contribution in [3.63, 3.8) is 0 Å². The summed E-state index contributed by atoms with van der Waals surface area (Å²) < 4.78 is 4.71. The Labute approximate surface area is 157 Å². The minimum absolute atomic E-state index is 0.140. The molecule has 0 bridgehead atoms. The zero-order valence-corrected chi connectivity index (χ0v) is 16.2. The maximum absolute atomic E-state index is 11.6. The fraction of sp³-hybridized carbons (Fsp3) is 0.850. The molecule has 1 unspecified atom stereocenters. The molecule has 0 fully saturated rings. The molecule has 0 aromatic heterocycles. The van der Waals surface area contributed by atoms with E-state index in [9.17, 15) is 14.4 Å². The molecule has 6 nitrogen and oxygen atoms in total. The van der Waals surface area contributed by atoms with Crippen molar-refractivity contribution in [3.05, 3.63) is 0 Å². The smallest absolute Gasteiger partial charge is 0.345 e. The van der Waals surface area contributed by atoms with Crippen molar-refractivity contribution < 1.29 is 29.3 Å². The molecule has 0 aliphatic heterocycles. The Morgan fingerprint density at radius 3 is 1.54 bits per heavy atom. The lowest BCUT2D eigenvalue weighted by atomic mass is 10.0. The summed E-state index contributed by atoms with van der Waals surface area (Å²) >= 11 is 0. The van der Waals surface area contributed by atoms with E-state index in [4.69, 9.17) is 14.9 Å². The van der Waals surface area contributed by atoms with Crippen molar-refractivity contribution in [1.82, 2.24) is 0 Å². The lowest BCUT2D eigenvalue weighted by Crippen LogP contribution is -2.29. The zero-order chi connectivity index (χ0) is 19.6. The molecule has 0 aromatic rings. The number of hydrogen-bond acceptors (Lipinski definition) is 4. The van der Waals surface area contributed by atoms with Crippen LogP contribution in [0, 0.1) is 0 Å². The summed E-state index contributed by atoms with van der Waals surface area (Å²) in [5.41, 5.74) is 0. The highest BCUT2D eigenvalue weighted by atomic mass is 16.6. The molecule has 0 rings (SSSR count). The molecule has 152 valence electrons. The van der Waals surface area contributed by atoms with Gasteiger partial charge in [0.25, 0.3) is 0 Å². The van der Waals surface area contributed by atoms with E-state index in [0.29, 0.717) is 6.42 Å². The van der Waals surface area contributed by atoms with Crippen molar-refractivity contribution >= 4 is 17.9 Å². The van der Waals surface area contributed by atoms with Gasteiger partial charge in [0, 0.05) is 6.42 Å². The first-order valence-electron chi connectivity index (χ1n) is 10.1. The number of carbonyl (C=O) groups is 3. The molecule has 0 amide bonds. The number of esters is 1. The number of carboxylic acids is 2. The van der Waals surface area contributed by atoms with E-state index in [0.717, 1.165) is 19.3 Å². The van der Waals surface area contributed by atoms with Crippen LogP contribution in [0.15, 0.2) is 0 Å². The van der Waals surface area contributed by atoms with Gasteiger partial charge in [0.1, 0.15) is 0 Å². The van der Waals surface area contributed by atoms with Crippen LogP contribution in [-0.4, -0.2) is 34.2 Å². The summed E-state index contributed by atoms with van der Waals surface area (Å²) in [6.07, 6.45) is 13.4. The summed E-state index contributed by atoms with van der Waals surface area (Å²) in [6.45, 7) is 2.23. The molecule has 1 atom stereocenters. The molecule has 0 radical (unpaired) electrons. The van der Waals surface area contributed by atoms with E-state index in [-0.39, 0.29) is 6.42 Å². The lowest BCUT2D eigenvalue weighted by Gasteiger charge is -2.11. The third-order valence-corrected chi connectivity index (χ3v) is 4.39. The quantitative estimate of drug-likeness (QED) is 0.261. The van der Waals surface area contributed by atoms with E-state index in [2.05, 4.69) is 6.92 Å². The maximum atomic E-state index is 11.6. The normalized spacial score (nSPS) is 11.9. The van der Waals surface area contributed by atoms with Crippen molar-refractivity contribution in [2.75, 3.05) is 0 Å². The van der Waals surface area contributed by atoms with E-state index in [1.165, 1.54) is 57.8 Å². The van der Waals surface area contributed by atoms with Gasteiger partial charge < -0.3 is 14.9 Å². The van der Waals surface area contributed by atoms with Gasteiger partial charge in [0.15, 0.2) is 0 Å². The molecule has 0 aliphatic carbocycles. The summed E-state index contributed by atoms with van der Waals surface area (Å²) in [5, 5.41) is 17.4. The van der Waals surface area contributed by atoms with Gasteiger partial charge >= 0.3 is 17.9 Å². The van der Waals surface area contributed by atoms with Crippen LogP contribution >= 0.6 is 0 Å². The summed E-state index contributed by atoms with van der Waals surface area (Å²) in [4.78, 5) is 32.9. The Morgan fingerprint density at radius 2 is 1.15 bits per heavy atom. The summed E-state index contributed by atoms with van der Waals surface area (Å²) in [5.74, 6) is -3.36.